The quantitative estimate of drug-likeness (QED) is 0.601. The lowest BCUT2D eigenvalue weighted by Crippen LogP contribution is -2.49. The summed E-state index contributed by atoms with van der Waals surface area (Å²) in [4.78, 5) is 12.1. The van der Waals surface area contributed by atoms with Gasteiger partial charge in [-0.05, 0) is 31.9 Å². The highest BCUT2D eigenvalue weighted by Gasteiger charge is 2.29. The van der Waals surface area contributed by atoms with Gasteiger partial charge in [-0.15, -0.1) is 0 Å². The van der Waals surface area contributed by atoms with Crippen LogP contribution in [0.1, 0.15) is 60.5 Å². The van der Waals surface area contributed by atoms with Crippen molar-refractivity contribution in [3.63, 3.8) is 0 Å². The van der Waals surface area contributed by atoms with Gasteiger partial charge in [-0.1, -0.05) is 37.6 Å². The molecule has 0 unspecified atom stereocenters. The van der Waals surface area contributed by atoms with E-state index >= 15 is 0 Å². The molecule has 1 fully saturated rings. The van der Waals surface area contributed by atoms with E-state index < -0.39 is 10.0 Å². The molecule has 0 atom stereocenters. The predicted molar refractivity (Wildman–Crippen MR) is 129 cm³/mol. The first-order valence-electron chi connectivity index (χ1n) is 11.3. The Hall–Kier alpha value is -2.03. The van der Waals surface area contributed by atoms with Crippen LogP contribution in [0.2, 0.25) is 0 Å². The number of anilines is 1. The fraction of sp³-hybridized carbons (Fsp3) is 0.583. The van der Waals surface area contributed by atoms with Gasteiger partial charge in [-0.3, -0.25) is 0 Å². The van der Waals surface area contributed by atoms with Crippen LogP contribution in [-0.2, 0) is 27.8 Å². The number of hydrogen-bond acceptors (Lipinski definition) is 6. The Morgan fingerprint density at radius 3 is 2.38 bits per heavy atom. The van der Waals surface area contributed by atoms with Crippen LogP contribution in [0.3, 0.4) is 0 Å². The van der Waals surface area contributed by atoms with Gasteiger partial charge in [0.25, 0.3) is 0 Å². The Morgan fingerprint density at radius 1 is 1.09 bits per heavy atom. The Labute approximate surface area is 192 Å². The number of benzene rings is 1. The van der Waals surface area contributed by atoms with Gasteiger partial charge < -0.3 is 9.64 Å². The highest BCUT2D eigenvalue weighted by Crippen LogP contribution is 2.29. The first-order valence-corrected chi connectivity index (χ1v) is 12.9. The molecule has 8 heteroatoms. The van der Waals surface area contributed by atoms with Crippen molar-refractivity contribution in [2.75, 3.05) is 43.9 Å². The summed E-state index contributed by atoms with van der Waals surface area (Å²) in [5.74, 6) is 2.01. The van der Waals surface area contributed by atoms with Gasteiger partial charge in [0.2, 0.25) is 10.0 Å². The second-order valence-electron chi connectivity index (χ2n) is 8.81. The molecule has 0 amide bonds. The number of rotatable bonds is 8. The molecule has 176 valence electrons. The average molecular weight is 461 g/mol. The highest BCUT2D eigenvalue weighted by molar-refractivity contribution is 7.89. The maximum absolute atomic E-state index is 12.3. The van der Waals surface area contributed by atoms with Gasteiger partial charge in [-0.2, -0.15) is 4.31 Å². The topological polar surface area (TPSA) is 75.6 Å². The van der Waals surface area contributed by atoms with Crippen LogP contribution in [0.5, 0.6) is 0 Å². The molecule has 1 saturated heterocycles. The monoisotopic (exact) mass is 460 g/mol. The molecule has 7 nitrogen and oxygen atoms in total. The fourth-order valence-corrected chi connectivity index (χ4v) is 5.12. The lowest BCUT2D eigenvalue weighted by atomic mass is 9.97. The molecule has 3 rings (SSSR count). The zero-order valence-electron chi connectivity index (χ0n) is 20.2. The van der Waals surface area contributed by atoms with E-state index in [1.54, 1.807) is 18.3 Å². The van der Waals surface area contributed by atoms with Crippen molar-refractivity contribution < 1.29 is 13.2 Å². The summed E-state index contributed by atoms with van der Waals surface area (Å²) >= 11 is 0. The van der Waals surface area contributed by atoms with E-state index in [0.717, 1.165) is 22.9 Å². The molecule has 2 aromatic rings. The number of sulfonamides is 1. The van der Waals surface area contributed by atoms with E-state index in [-0.39, 0.29) is 11.7 Å². The molecular formula is C24H36N4O3S. The minimum absolute atomic E-state index is 0.133. The summed E-state index contributed by atoms with van der Waals surface area (Å²) in [7, 11) is -1.49. The first kappa shape index (κ1) is 24.6. The zero-order chi connectivity index (χ0) is 23.5. The van der Waals surface area contributed by atoms with Crippen LogP contribution in [-0.4, -0.2) is 61.7 Å². The first-order chi connectivity index (χ1) is 15.2. The molecular weight excluding hydrogens is 424 g/mol. The van der Waals surface area contributed by atoms with Gasteiger partial charge >= 0.3 is 0 Å². The van der Waals surface area contributed by atoms with Crippen molar-refractivity contribution in [1.29, 1.82) is 0 Å². The van der Waals surface area contributed by atoms with Gasteiger partial charge in [-0.25, -0.2) is 18.4 Å². The maximum Gasteiger partial charge on any atom is 0.213 e. The van der Waals surface area contributed by atoms with E-state index in [9.17, 15) is 8.42 Å². The van der Waals surface area contributed by atoms with E-state index in [2.05, 4.69) is 50.8 Å². The van der Waals surface area contributed by atoms with E-state index in [0.29, 0.717) is 39.2 Å². The Morgan fingerprint density at radius 2 is 1.78 bits per heavy atom. The summed E-state index contributed by atoms with van der Waals surface area (Å²) in [5.41, 5.74) is 5.68. The molecule has 1 aliphatic rings. The molecule has 0 N–H and O–H groups in total. The molecule has 1 aromatic heterocycles. The van der Waals surface area contributed by atoms with E-state index in [4.69, 9.17) is 14.7 Å². The van der Waals surface area contributed by atoms with Crippen molar-refractivity contribution in [1.82, 2.24) is 14.3 Å². The minimum Gasteiger partial charge on any atom is -0.378 e. The fourth-order valence-electron chi connectivity index (χ4n) is 4.03. The van der Waals surface area contributed by atoms with Crippen LogP contribution in [0.15, 0.2) is 18.2 Å². The number of methoxy groups -OCH3 is 1. The molecule has 1 aromatic carbocycles. The third-order valence-corrected chi connectivity index (χ3v) is 7.94. The molecule has 1 aliphatic heterocycles. The number of nitrogens with zero attached hydrogens (tertiary/aromatic N) is 4. The zero-order valence-corrected chi connectivity index (χ0v) is 21.0. The second kappa shape index (κ2) is 10.3. The second-order valence-corrected chi connectivity index (χ2v) is 11.1. The molecule has 0 aliphatic carbocycles. The van der Waals surface area contributed by atoms with Crippen molar-refractivity contribution in [2.45, 2.75) is 53.6 Å². The maximum atomic E-state index is 12.3. The summed E-state index contributed by atoms with van der Waals surface area (Å²) in [6.45, 7) is 12.7. The number of ether oxygens (including phenoxy) is 1. The van der Waals surface area contributed by atoms with Crippen LogP contribution in [0.25, 0.3) is 0 Å². The van der Waals surface area contributed by atoms with E-state index in [1.165, 1.54) is 16.7 Å². The largest absolute Gasteiger partial charge is 0.378 e. The van der Waals surface area contributed by atoms with Crippen molar-refractivity contribution in [2.24, 2.45) is 0 Å². The molecule has 0 radical (unpaired) electrons. The third-order valence-electron chi connectivity index (χ3n) is 6.05. The van der Waals surface area contributed by atoms with Crippen molar-refractivity contribution in [3.05, 3.63) is 52.0 Å². The molecule has 0 saturated carbocycles. The Kier molecular flexibility index (Phi) is 7.90. The summed E-state index contributed by atoms with van der Waals surface area (Å²) < 4.78 is 31.8. The highest BCUT2D eigenvalue weighted by atomic mass is 32.2. The molecule has 2 heterocycles. The van der Waals surface area contributed by atoms with Crippen LogP contribution in [0.4, 0.5) is 5.82 Å². The molecule has 0 spiro atoms. The lowest BCUT2D eigenvalue weighted by Gasteiger charge is -2.36. The van der Waals surface area contributed by atoms with Crippen LogP contribution >= 0.6 is 0 Å². The Bertz CT molecular complexity index is 1050. The third kappa shape index (κ3) is 5.47. The van der Waals surface area contributed by atoms with Crippen LogP contribution in [0, 0.1) is 13.8 Å². The summed E-state index contributed by atoms with van der Waals surface area (Å²) in [5, 5.41) is 0. The summed E-state index contributed by atoms with van der Waals surface area (Å²) in [6.07, 6.45) is 0.716. The predicted octanol–water partition coefficient (Wildman–Crippen LogP) is 3.43. The van der Waals surface area contributed by atoms with Gasteiger partial charge in [0, 0.05) is 51.2 Å². The standard InChI is InChI=1S/C24H36N4O3S/c1-7-32(29,30)28-12-10-27(11-13-28)24-21(15-20-14-18(4)8-9-19(20)5)22(16-31-6)25-23(26-24)17(2)3/h8-9,14,17H,7,10-13,15-16H2,1-6H3. The van der Waals surface area contributed by atoms with Crippen molar-refractivity contribution in [3.8, 4) is 0 Å². The van der Waals surface area contributed by atoms with Crippen LogP contribution < -0.4 is 4.90 Å². The van der Waals surface area contributed by atoms with E-state index in [1.807, 2.05) is 0 Å². The molecule has 32 heavy (non-hydrogen) atoms. The lowest BCUT2D eigenvalue weighted by molar-refractivity contribution is 0.180. The minimum atomic E-state index is -3.18. The number of aromatic nitrogens is 2. The number of piperazine rings is 1. The van der Waals surface area contributed by atoms with Gasteiger partial charge in [0.05, 0.1) is 18.1 Å². The average Bonchev–Trinajstić information content (AvgIpc) is 2.77. The Balaban J connectivity index is 2.04. The normalized spacial score (nSPS) is 15.5. The van der Waals surface area contributed by atoms with Gasteiger partial charge in [0.1, 0.15) is 11.6 Å². The number of aryl methyl sites for hydroxylation is 2. The van der Waals surface area contributed by atoms with Gasteiger partial charge in [0.15, 0.2) is 0 Å². The number of hydrogen-bond donors (Lipinski definition) is 0. The summed E-state index contributed by atoms with van der Waals surface area (Å²) in [6, 6.07) is 6.50. The SMILES string of the molecule is CCS(=O)(=O)N1CCN(c2nc(C(C)C)nc(COC)c2Cc2cc(C)ccc2C)CC1. The molecule has 0 bridgehead atoms. The van der Waals surface area contributed by atoms with Crippen molar-refractivity contribution >= 4 is 15.8 Å². The smallest absolute Gasteiger partial charge is 0.213 e.